The quantitative estimate of drug-likeness (QED) is 0.746. The summed E-state index contributed by atoms with van der Waals surface area (Å²) in [5.74, 6) is -0.187. The zero-order valence-electron chi connectivity index (χ0n) is 12.7. The summed E-state index contributed by atoms with van der Waals surface area (Å²) < 4.78 is 0. The molecule has 0 aliphatic heterocycles. The molecule has 2 aromatic carbocycles. The molecule has 2 aromatic rings. The number of hydrogen-bond acceptors (Lipinski definition) is 2. The molecule has 0 fully saturated rings. The molecule has 0 aliphatic carbocycles. The standard InChI is InChI=1S/C17H17Cl3N2O/c1-10(13-5-3-4-6-14(13)19)21-11(2)17(23)22-16-8-7-12(18)9-15(16)20/h3-11,21H,1-2H3,(H,22,23). The van der Waals surface area contributed by atoms with E-state index in [4.69, 9.17) is 34.8 Å². The lowest BCUT2D eigenvalue weighted by atomic mass is 10.1. The molecule has 0 spiro atoms. The summed E-state index contributed by atoms with van der Waals surface area (Å²) >= 11 is 18.1. The van der Waals surface area contributed by atoms with Gasteiger partial charge in [-0.3, -0.25) is 10.1 Å². The lowest BCUT2D eigenvalue weighted by Crippen LogP contribution is -2.39. The van der Waals surface area contributed by atoms with Gasteiger partial charge in [-0.25, -0.2) is 0 Å². The van der Waals surface area contributed by atoms with Gasteiger partial charge in [0.05, 0.1) is 16.8 Å². The minimum atomic E-state index is -0.423. The van der Waals surface area contributed by atoms with Crippen molar-refractivity contribution in [3.05, 3.63) is 63.1 Å². The number of halogens is 3. The zero-order valence-corrected chi connectivity index (χ0v) is 15.0. The van der Waals surface area contributed by atoms with Crippen LogP contribution in [0.25, 0.3) is 0 Å². The van der Waals surface area contributed by atoms with Crippen LogP contribution in [0.2, 0.25) is 15.1 Å². The summed E-state index contributed by atoms with van der Waals surface area (Å²) in [6.45, 7) is 3.74. The van der Waals surface area contributed by atoms with E-state index >= 15 is 0 Å². The van der Waals surface area contributed by atoms with E-state index in [9.17, 15) is 4.79 Å². The third kappa shape index (κ3) is 4.85. The molecule has 0 aliphatic rings. The number of carbonyl (C=O) groups is 1. The van der Waals surface area contributed by atoms with Gasteiger partial charge in [-0.15, -0.1) is 0 Å². The molecule has 6 heteroatoms. The van der Waals surface area contributed by atoms with Crippen LogP contribution >= 0.6 is 34.8 Å². The average Bonchev–Trinajstić information content (AvgIpc) is 2.50. The highest BCUT2D eigenvalue weighted by atomic mass is 35.5. The maximum atomic E-state index is 12.3. The maximum Gasteiger partial charge on any atom is 0.241 e. The van der Waals surface area contributed by atoms with Crippen LogP contribution in [0, 0.1) is 0 Å². The number of nitrogens with one attached hydrogen (secondary N) is 2. The Hall–Kier alpha value is -1.26. The Kier molecular flexibility index (Phi) is 6.31. The fraction of sp³-hybridized carbons (Fsp3) is 0.235. The minimum Gasteiger partial charge on any atom is -0.323 e. The smallest absolute Gasteiger partial charge is 0.241 e. The topological polar surface area (TPSA) is 41.1 Å². The molecular formula is C17H17Cl3N2O. The van der Waals surface area contributed by atoms with Gasteiger partial charge >= 0.3 is 0 Å². The van der Waals surface area contributed by atoms with E-state index in [1.165, 1.54) is 0 Å². The van der Waals surface area contributed by atoms with Crippen LogP contribution in [-0.2, 0) is 4.79 Å². The Labute approximate surface area is 150 Å². The van der Waals surface area contributed by atoms with Crippen LogP contribution in [0.15, 0.2) is 42.5 Å². The predicted octanol–water partition coefficient (Wildman–Crippen LogP) is 5.32. The Bertz CT molecular complexity index is 706. The highest BCUT2D eigenvalue weighted by molar-refractivity contribution is 6.36. The lowest BCUT2D eigenvalue weighted by Gasteiger charge is -2.21. The molecule has 0 heterocycles. The molecule has 122 valence electrons. The molecule has 3 nitrogen and oxygen atoms in total. The SMILES string of the molecule is CC(NC(C)c1ccccc1Cl)C(=O)Nc1ccc(Cl)cc1Cl. The minimum absolute atomic E-state index is 0.0647. The number of carbonyl (C=O) groups excluding carboxylic acids is 1. The summed E-state index contributed by atoms with van der Waals surface area (Å²) in [6, 6.07) is 12.0. The predicted molar refractivity (Wildman–Crippen MR) is 97.6 cm³/mol. The van der Waals surface area contributed by atoms with Gasteiger partial charge in [0.1, 0.15) is 0 Å². The van der Waals surface area contributed by atoms with Gasteiger partial charge in [0.15, 0.2) is 0 Å². The average molecular weight is 372 g/mol. The van der Waals surface area contributed by atoms with Crippen LogP contribution < -0.4 is 10.6 Å². The number of hydrogen-bond donors (Lipinski definition) is 2. The van der Waals surface area contributed by atoms with Crippen LogP contribution in [0.5, 0.6) is 0 Å². The normalized spacial score (nSPS) is 13.4. The highest BCUT2D eigenvalue weighted by Gasteiger charge is 2.18. The first-order valence-electron chi connectivity index (χ1n) is 7.15. The van der Waals surface area contributed by atoms with E-state index in [-0.39, 0.29) is 11.9 Å². The van der Waals surface area contributed by atoms with Crippen LogP contribution in [-0.4, -0.2) is 11.9 Å². The molecule has 0 bridgehead atoms. The number of rotatable bonds is 5. The molecule has 2 N–H and O–H groups in total. The largest absolute Gasteiger partial charge is 0.323 e. The molecule has 0 aromatic heterocycles. The molecule has 1 amide bonds. The van der Waals surface area contributed by atoms with E-state index in [0.717, 1.165) is 5.56 Å². The number of amides is 1. The van der Waals surface area contributed by atoms with E-state index in [1.807, 2.05) is 31.2 Å². The fourth-order valence-corrected chi connectivity index (χ4v) is 2.95. The Morgan fingerprint density at radius 1 is 1.00 bits per heavy atom. The Balaban J connectivity index is 2.01. The summed E-state index contributed by atoms with van der Waals surface area (Å²) in [7, 11) is 0. The molecule has 2 unspecified atom stereocenters. The van der Waals surface area contributed by atoms with Crippen molar-refractivity contribution in [3.63, 3.8) is 0 Å². The zero-order chi connectivity index (χ0) is 17.0. The van der Waals surface area contributed by atoms with Crippen LogP contribution in [0.4, 0.5) is 5.69 Å². The Morgan fingerprint density at radius 2 is 1.70 bits per heavy atom. The van der Waals surface area contributed by atoms with Gasteiger partial charge in [0.2, 0.25) is 5.91 Å². The number of anilines is 1. The number of benzene rings is 2. The van der Waals surface area contributed by atoms with Crippen molar-refractivity contribution in [2.24, 2.45) is 0 Å². The fourth-order valence-electron chi connectivity index (χ4n) is 2.20. The third-order valence-corrected chi connectivity index (χ3v) is 4.35. The second-order valence-electron chi connectivity index (χ2n) is 5.24. The lowest BCUT2D eigenvalue weighted by molar-refractivity contribution is -0.117. The summed E-state index contributed by atoms with van der Waals surface area (Å²) in [6.07, 6.45) is 0. The molecule has 2 rings (SSSR count). The van der Waals surface area contributed by atoms with Crippen molar-refractivity contribution in [3.8, 4) is 0 Å². The van der Waals surface area contributed by atoms with Crippen LogP contribution in [0.3, 0.4) is 0 Å². The third-order valence-electron chi connectivity index (χ3n) is 3.45. The molecule has 2 atom stereocenters. The van der Waals surface area contributed by atoms with E-state index in [1.54, 1.807) is 25.1 Å². The van der Waals surface area contributed by atoms with Crippen molar-refractivity contribution in [2.75, 3.05) is 5.32 Å². The molecular weight excluding hydrogens is 355 g/mol. The second kappa shape index (κ2) is 8.02. The first-order chi connectivity index (χ1) is 10.9. The molecule has 0 saturated heterocycles. The van der Waals surface area contributed by atoms with Gasteiger partial charge in [-0.2, -0.15) is 0 Å². The first kappa shape index (κ1) is 18.1. The van der Waals surface area contributed by atoms with Crippen LogP contribution in [0.1, 0.15) is 25.5 Å². The van der Waals surface area contributed by atoms with Crippen molar-refractivity contribution < 1.29 is 4.79 Å². The maximum absolute atomic E-state index is 12.3. The van der Waals surface area contributed by atoms with Gasteiger partial charge in [0.25, 0.3) is 0 Å². The van der Waals surface area contributed by atoms with Crippen molar-refractivity contribution in [1.29, 1.82) is 0 Å². The van der Waals surface area contributed by atoms with Gasteiger partial charge in [-0.1, -0.05) is 53.0 Å². The van der Waals surface area contributed by atoms with Crippen molar-refractivity contribution in [2.45, 2.75) is 25.9 Å². The monoisotopic (exact) mass is 370 g/mol. The van der Waals surface area contributed by atoms with E-state index in [2.05, 4.69) is 10.6 Å². The van der Waals surface area contributed by atoms with E-state index in [0.29, 0.717) is 20.8 Å². The second-order valence-corrected chi connectivity index (χ2v) is 6.50. The molecule has 0 radical (unpaired) electrons. The van der Waals surface area contributed by atoms with E-state index < -0.39 is 6.04 Å². The molecule has 0 saturated carbocycles. The first-order valence-corrected chi connectivity index (χ1v) is 8.28. The van der Waals surface area contributed by atoms with Gasteiger partial charge in [0, 0.05) is 16.1 Å². The summed E-state index contributed by atoms with van der Waals surface area (Å²) in [4.78, 5) is 12.3. The summed E-state index contributed by atoms with van der Waals surface area (Å²) in [5.41, 5.74) is 1.47. The van der Waals surface area contributed by atoms with Crippen molar-refractivity contribution >= 4 is 46.4 Å². The summed E-state index contributed by atoms with van der Waals surface area (Å²) in [5, 5.41) is 7.59. The molecule has 23 heavy (non-hydrogen) atoms. The van der Waals surface area contributed by atoms with Gasteiger partial charge in [-0.05, 0) is 43.7 Å². The Morgan fingerprint density at radius 3 is 2.35 bits per heavy atom. The highest BCUT2D eigenvalue weighted by Crippen LogP contribution is 2.26. The van der Waals surface area contributed by atoms with Gasteiger partial charge < -0.3 is 5.32 Å². The van der Waals surface area contributed by atoms with Crippen molar-refractivity contribution in [1.82, 2.24) is 5.32 Å².